The van der Waals surface area contributed by atoms with Gasteiger partial charge in [-0.3, -0.25) is 9.59 Å². The molecule has 3 aromatic rings. The lowest BCUT2D eigenvalue weighted by atomic mass is 10.2. The van der Waals surface area contributed by atoms with Crippen LogP contribution in [0.15, 0.2) is 71.6 Å². The maximum atomic E-state index is 12.6. The summed E-state index contributed by atoms with van der Waals surface area (Å²) in [5.74, 6) is -1.13. The van der Waals surface area contributed by atoms with Crippen molar-refractivity contribution in [2.24, 2.45) is 0 Å². The third-order valence-electron chi connectivity index (χ3n) is 4.65. The molecule has 0 aliphatic carbocycles. The van der Waals surface area contributed by atoms with Gasteiger partial charge in [0.15, 0.2) is 9.84 Å². The molecule has 0 radical (unpaired) electrons. The SMILES string of the molecule is Cc1cccc(S(=O)(=O)C(C)C(=O)Nc2cc(O)c(NC=O)cc2Cl)c1.Cc1ccccc1. The smallest absolute Gasteiger partial charge is 0.242 e. The van der Waals surface area contributed by atoms with Crippen molar-refractivity contribution in [3.8, 4) is 5.75 Å². The molecular weight excluding hydrogens is 464 g/mol. The van der Waals surface area contributed by atoms with Gasteiger partial charge in [0.2, 0.25) is 12.3 Å². The van der Waals surface area contributed by atoms with Crippen LogP contribution >= 0.6 is 11.6 Å². The van der Waals surface area contributed by atoms with E-state index in [0.717, 1.165) is 11.6 Å². The molecule has 174 valence electrons. The first-order chi connectivity index (χ1) is 15.6. The fourth-order valence-corrected chi connectivity index (χ4v) is 4.32. The first kappa shape index (κ1) is 25.9. The number of phenolic OH excluding ortho intramolecular Hbond substituents is 1. The molecule has 0 aliphatic rings. The van der Waals surface area contributed by atoms with Crippen LogP contribution in [-0.4, -0.2) is 31.1 Å². The molecule has 2 amide bonds. The Kier molecular flexibility index (Phi) is 9.02. The monoisotopic (exact) mass is 488 g/mol. The van der Waals surface area contributed by atoms with E-state index >= 15 is 0 Å². The van der Waals surface area contributed by atoms with Gasteiger partial charge >= 0.3 is 0 Å². The van der Waals surface area contributed by atoms with Gasteiger partial charge in [0.1, 0.15) is 11.0 Å². The number of carbonyl (C=O) groups excluding carboxylic acids is 2. The number of carbonyl (C=O) groups is 2. The van der Waals surface area contributed by atoms with Gasteiger partial charge in [0, 0.05) is 6.07 Å². The van der Waals surface area contributed by atoms with Gasteiger partial charge in [-0.05, 0) is 44.5 Å². The topological polar surface area (TPSA) is 113 Å². The molecule has 33 heavy (non-hydrogen) atoms. The van der Waals surface area contributed by atoms with E-state index in [2.05, 4.69) is 29.7 Å². The summed E-state index contributed by atoms with van der Waals surface area (Å²) in [7, 11) is -3.90. The van der Waals surface area contributed by atoms with Crippen LogP contribution in [0.2, 0.25) is 5.02 Å². The predicted molar refractivity (Wildman–Crippen MR) is 130 cm³/mol. The van der Waals surface area contributed by atoms with Crippen LogP contribution in [-0.2, 0) is 19.4 Å². The Balaban J connectivity index is 0.000000468. The molecule has 0 aliphatic heterocycles. The highest BCUT2D eigenvalue weighted by Crippen LogP contribution is 2.34. The number of nitrogens with one attached hydrogen (secondary N) is 2. The number of sulfone groups is 1. The molecule has 0 saturated carbocycles. The third-order valence-corrected chi connectivity index (χ3v) is 7.02. The van der Waals surface area contributed by atoms with Gasteiger partial charge in [-0.15, -0.1) is 0 Å². The van der Waals surface area contributed by atoms with Crippen LogP contribution in [0.5, 0.6) is 5.75 Å². The van der Waals surface area contributed by atoms with Gasteiger partial charge in [-0.25, -0.2) is 8.42 Å². The lowest BCUT2D eigenvalue weighted by molar-refractivity contribution is -0.115. The van der Waals surface area contributed by atoms with E-state index < -0.39 is 21.0 Å². The highest BCUT2D eigenvalue weighted by molar-refractivity contribution is 7.92. The Morgan fingerprint density at radius 1 is 0.970 bits per heavy atom. The van der Waals surface area contributed by atoms with Crippen molar-refractivity contribution >= 4 is 45.1 Å². The zero-order chi connectivity index (χ0) is 24.6. The largest absolute Gasteiger partial charge is 0.506 e. The summed E-state index contributed by atoms with van der Waals surface area (Å²) in [5.41, 5.74) is 2.16. The van der Waals surface area contributed by atoms with Gasteiger partial charge in [0.05, 0.1) is 21.3 Å². The fourth-order valence-electron chi connectivity index (χ4n) is 2.74. The summed E-state index contributed by atoms with van der Waals surface area (Å²) in [6.45, 7) is 5.10. The number of halogens is 1. The van der Waals surface area contributed by atoms with Crippen molar-refractivity contribution in [1.82, 2.24) is 0 Å². The predicted octanol–water partition coefficient (Wildman–Crippen LogP) is 4.72. The zero-order valence-corrected chi connectivity index (χ0v) is 19.9. The zero-order valence-electron chi connectivity index (χ0n) is 18.4. The average Bonchev–Trinajstić information content (AvgIpc) is 2.77. The molecule has 0 saturated heterocycles. The summed E-state index contributed by atoms with van der Waals surface area (Å²) >= 11 is 6.01. The maximum absolute atomic E-state index is 12.6. The molecule has 0 fully saturated rings. The molecule has 9 heteroatoms. The minimum Gasteiger partial charge on any atom is -0.506 e. The number of amides is 2. The minimum absolute atomic E-state index is 0.0249. The first-order valence-electron chi connectivity index (χ1n) is 9.92. The number of hydrogen-bond acceptors (Lipinski definition) is 5. The quantitative estimate of drug-likeness (QED) is 0.343. The average molecular weight is 489 g/mol. The van der Waals surface area contributed by atoms with E-state index in [9.17, 15) is 23.1 Å². The second-order valence-electron chi connectivity index (χ2n) is 7.26. The summed E-state index contributed by atoms with van der Waals surface area (Å²) in [6.07, 6.45) is 0.361. The number of aromatic hydroxyl groups is 1. The second-order valence-corrected chi connectivity index (χ2v) is 9.93. The Morgan fingerprint density at radius 2 is 1.61 bits per heavy atom. The van der Waals surface area contributed by atoms with E-state index in [0.29, 0.717) is 6.41 Å². The van der Waals surface area contributed by atoms with Crippen LogP contribution in [0.4, 0.5) is 11.4 Å². The minimum atomic E-state index is -3.90. The lowest BCUT2D eigenvalue weighted by Gasteiger charge is -2.15. The Hall–Kier alpha value is -3.36. The molecular formula is C24H25ClN2O5S. The number of hydrogen-bond donors (Lipinski definition) is 3. The van der Waals surface area contributed by atoms with E-state index in [-0.39, 0.29) is 27.0 Å². The molecule has 0 heterocycles. The van der Waals surface area contributed by atoms with Gasteiger partial charge in [0.25, 0.3) is 0 Å². The molecule has 0 aromatic heterocycles. The van der Waals surface area contributed by atoms with E-state index in [1.807, 2.05) is 18.2 Å². The summed E-state index contributed by atoms with van der Waals surface area (Å²) < 4.78 is 25.2. The number of aryl methyl sites for hydroxylation is 2. The summed E-state index contributed by atoms with van der Waals surface area (Å²) in [5, 5.41) is 13.1. The molecule has 3 aromatic carbocycles. The summed E-state index contributed by atoms with van der Waals surface area (Å²) in [4.78, 5) is 22.9. The van der Waals surface area contributed by atoms with E-state index in [4.69, 9.17) is 11.6 Å². The van der Waals surface area contributed by atoms with Crippen LogP contribution in [0.25, 0.3) is 0 Å². The van der Waals surface area contributed by atoms with Crippen LogP contribution < -0.4 is 10.6 Å². The van der Waals surface area contributed by atoms with Crippen molar-refractivity contribution in [1.29, 1.82) is 0 Å². The molecule has 1 atom stereocenters. The molecule has 0 bridgehead atoms. The van der Waals surface area contributed by atoms with Crippen molar-refractivity contribution in [2.45, 2.75) is 30.9 Å². The van der Waals surface area contributed by atoms with E-state index in [1.165, 1.54) is 30.7 Å². The number of benzene rings is 3. The van der Waals surface area contributed by atoms with Crippen LogP contribution in [0.3, 0.4) is 0 Å². The van der Waals surface area contributed by atoms with Gasteiger partial charge in [-0.2, -0.15) is 0 Å². The highest BCUT2D eigenvalue weighted by Gasteiger charge is 2.30. The van der Waals surface area contributed by atoms with Crippen molar-refractivity contribution < 1.29 is 23.1 Å². The highest BCUT2D eigenvalue weighted by atomic mass is 35.5. The number of rotatable bonds is 6. The van der Waals surface area contributed by atoms with Crippen LogP contribution in [0.1, 0.15) is 18.1 Å². The van der Waals surface area contributed by atoms with Gasteiger partial charge < -0.3 is 15.7 Å². The molecule has 1 unspecified atom stereocenters. The second kappa shape index (κ2) is 11.5. The van der Waals surface area contributed by atoms with Crippen molar-refractivity contribution in [3.63, 3.8) is 0 Å². The Labute approximate surface area is 198 Å². The maximum Gasteiger partial charge on any atom is 0.242 e. The van der Waals surface area contributed by atoms with Crippen molar-refractivity contribution in [2.75, 3.05) is 10.6 Å². The molecule has 0 spiro atoms. The number of anilines is 2. The standard InChI is InChI=1S/C17H17ClN2O5S.C7H8/c1-10-4-3-5-12(6-10)26(24,25)11(2)17(23)20-14-8-16(22)15(19-9-21)7-13(14)18;1-7-5-3-2-4-6-7/h3-9,11,22H,1-2H3,(H,19,21)(H,20,23);2-6H,1H3. The van der Waals surface area contributed by atoms with E-state index in [1.54, 1.807) is 19.1 Å². The number of phenols is 1. The third kappa shape index (κ3) is 7.06. The molecule has 3 N–H and O–H groups in total. The fraction of sp³-hybridized carbons (Fsp3) is 0.167. The molecule has 7 nitrogen and oxygen atoms in total. The van der Waals surface area contributed by atoms with Crippen molar-refractivity contribution in [3.05, 3.63) is 82.9 Å². The van der Waals surface area contributed by atoms with Gasteiger partial charge in [-0.1, -0.05) is 59.6 Å². The normalized spacial score (nSPS) is 11.5. The first-order valence-corrected chi connectivity index (χ1v) is 11.8. The molecule has 3 rings (SSSR count). The Morgan fingerprint density at radius 3 is 2.15 bits per heavy atom. The van der Waals surface area contributed by atoms with Crippen LogP contribution in [0, 0.1) is 13.8 Å². The summed E-state index contributed by atoms with van der Waals surface area (Å²) in [6, 6.07) is 18.9. The lowest BCUT2D eigenvalue weighted by Crippen LogP contribution is -2.32. The Bertz CT molecular complexity index is 1230.